The first kappa shape index (κ1) is 13.0. The van der Waals surface area contributed by atoms with Gasteiger partial charge >= 0.3 is 0 Å². The smallest absolute Gasteiger partial charge is 0.175 e. The molecule has 0 radical (unpaired) electrons. The molecule has 1 aromatic carbocycles. The zero-order valence-electron chi connectivity index (χ0n) is 10.7. The van der Waals surface area contributed by atoms with Gasteiger partial charge in [0.15, 0.2) is 9.84 Å². The van der Waals surface area contributed by atoms with Gasteiger partial charge in [0.2, 0.25) is 0 Å². The lowest BCUT2D eigenvalue weighted by Crippen LogP contribution is -2.33. The molecule has 0 fully saturated rings. The molecule has 1 aromatic heterocycles. The Kier molecular flexibility index (Phi) is 2.95. The molecule has 0 aliphatic carbocycles. The van der Waals surface area contributed by atoms with Gasteiger partial charge in [0.25, 0.3) is 0 Å². The van der Waals surface area contributed by atoms with Crippen LogP contribution in [0.2, 0.25) is 0 Å². The first-order chi connectivity index (χ1) is 8.24. The minimum Gasteiger partial charge on any atom is -0.340 e. The first-order valence-electron chi connectivity index (χ1n) is 5.73. The fourth-order valence-corrected chi connectivity index (χ4v) is 2.30. The third-order valence-electron chi connectivity index (χ3n) is 3.16. The number of aromatic amines is 1. The van der Waals surface area contributed by atoms with Crippen molar-refractivity contribution in [3.63, 3.8) is 0 Å². The van der Waals surface area contributed by atoms with E-state index in [9.17, 15) is 8.42 Å². The number of nitrogens with zero attached hydrogens (tertiary/aromatic N) is 1. The lowest BCUT2D eigenvalue weighted by atomic mass is 10.0. The maximum absolute atomic E-state index is 11.5. The Bertz CT molecular complexity index is 686. The molecule has 0 amide bonds. The van der Waals surface area contributed by atoms with E-state index in [0.717, 1.165) is 11.9 Å². The van der Waals surface area contributed by atoms with Gasteiger partial charge in [-0.25, -0.2) is 13.4 Å². The van der Waals surface area contributed by atoms with Crippen LogP contribution in [0.15, 0.2) is 23.1 Å². The van der Waals surface area contributed by atoms with Crippen molar-refractivity contribution in [1.29, 1.82) is 0 Å². The van der Waals surface area contributed by atoms with E-state index < -0.39 is 15.4 Å². The van der Waals surface area contributed by atoms with Gasteiger partial charge in [-0.15, -0.1) is 0 Å². The Morgan fingerprint density at radius 2 is 2.11 bits per heavy atom. The Balaban J connectivity index is 2.60. The van der Waals surface area contributed by atoms with Crippen molar-refractivity contribution >= 4 is 20.9 Å². The van der Waals surface area contributed by atoms with Crippen molar-refractivity contribution in [3.8, 4) is 0 Å². The molecule has 5 nitrogen and oxygen atoms in total. The molecule has 3 N–H and O–H groups in total. The summed E-state index contributed by atoms with van der Waals surface area (Å²) in [7, 11) is -3.21. The van der Waals surface area contributed by atoms with E-state index in [1.165, 1.54) is 6.26 Å². The standard InChI is InChI=1S/C12H17N3O2S/c1-4-12(2,13)11-14-9-6-5-8(18(3,16)17)7-10(9)15-11/h5-7H,4,13H2,1-3H3,(H,14,15). The summed E-state index contributed by atoms with van der Waals surface area (Å²) in [5.74, 6) is 0.672. The molecule has 1 unspecified atom stereocenters. The highest BCUT2D eigenvalue weighted by molar-refractivity contribution is 7.90. The number of rotatable bonds is 3. The van der Waals surface area contributed by atoms with Crippen LogP contribution in [0.1, 0.15) is 26.1 Å². The number of nitrogens with one attached hydrogen (secondary N) is 1. The van der Waals surface area contributed by atoms with Gasteiger partial charge in [0.1, 0.15) is 5.82 Å². The molecule has 1 heterocycles. The predicted molar refractivity (Wildman–Crippen MR) is 71.0 cm³/mol. The second-order valence-electron chi connectivity index (χ2n) is 4.81. The van der Waals surface area contributed by atoms with Gasteiger partial charge in [-0.1, -0.05) is 6.92 Å². The monoisotopic (exact) mass is 267 g/mol. The average Bonchev–Trinajstić information content (AvgIpc) is 2.71. The highest BCUT2D eigenvalue weighted by Gasteiger charge is 2.23. The van der Waals surface area contributed by atoms with Crippen molar-refractivity contribution in [3.05, 3.63) is 24.0 Å². The number of aromatic nitrogens is 2. The van der Waals surface area contributed by atoms with Gasteiger partial charge < -0.3 is 10.7 Å². The number of H-pyrrole nitrogens is 1. The van der Waals surface area contributed by atoms with Crippen LogP contribution in [-0.4, -0.2) is 24.6 Å². The van der Waals surface area contributed by atoms with Crippen LogP contribution in [0.5, 0.6) is 0 Å². The Hall–Kier alpha value is -1.40. The Morgan fingerprint density at radius 3 is 2.67 bits per heavy atom. The van der Waals surface area contributed by atoms with Crippen LogP contribution in [0.3, 0.4) is 0 Å². The summed E-state index contributed by atoms with van der Waals surface area (Å²) in [5.41, 5.74) is 6.99. The molecule has 2 rings (SSSR count). The molecule has 0 saturated heterocycles. The summed E-state index contributed by atoms with van der Waals surface area (Å²) in [4.78, 5) is 7.78. The molecule has 0 aliphatic heterocycles. The maximum Gasteiger partial charge on any atom is 0.175 e. The fourth-order valence-electron chi connectivity index (χ4n) is 1.66. The molecule has 0 bridgehead atoms. The van der Waals surface area contributed by atoms with E-state index in [-0.39, 0.29) is 4.90 Å². The van der Waals surface area contributed by atoms with Gasteiger partial charge in [0, 0.05) is 6.26 Å². The van der Waals surface area contributed by atoms with E-state index in [1.54, 1.807) is 18.2 Å². The second kappa shape index (κ2) is 4.07. The van der Waals surface area contributed by atoms with Gasteiger partial charge in [0.05, 0.1) is 21.5 Å². The number of imidazole rings is 1. The molecular weight excluding hydrogens is 250 g/mol. The zero-order chi connectivity index (χ0) is 13.6. The van der Waals surface area contributed by atoms with E-state index in [4.69, 9.17) is 5.73 Å². The van der Waals surface area contributed by atoms with Gasteiger partial charge in [-0.3, -0.25) is 0 Å². The second-order valence-corrected chi connectivity index (χ2v) is 6.82. The van der Waals surface area contributed by atoms with E-state index in [2.05, 4.69) is 9.97 Å². The molecule has 6 heteroatoms. The van der Waals surface area contributed by atoms with Gasteiger partial charge in [-0.2, -0.15) is 0 Å². The van der Waals surface area contributed by atoms with Gasteiger partial charge in [-0.05, 0) is 31.5 Å². The van der Waals surface area contributed by atoms with Crippen molar-refractivity contribution in [2.75, 3.05) is 6.26 Å². The molecule has 2 aromatic rings. The van der Waals surface area contributed by atoms with E-state index >= 15 is 0 Å². The van der Waals surface area contributed by atoms with Crippen molar-refractivity contribution in [2.24, 2.45) is 5.73 Å². The van der Waals surface area contributed by atoms with Crippen LogP contribution in [0, 0.1) is 0 Å². The summed E-state index contributed by atoms with van der Waals surface area (Å²) >= 11 is 0. The largest absolute Gasteiger partial charge is 0.340 e. The Morgan fingerprint density at radius 1 is 1.44 bits per heavy atom. The van der Waals surface area contributed by atoms with E-state index in [0.29, 0.717) is 11.3 Å². The van der Waals surface area contributed by atoms with Crippen molar-refractivity contribution in [1.82, 2.24) is 9.97 Å². The lowest BCUT2D eigenvalue weighted by molar-refractivity contribution is 0.451. The molecule has 0 aliphatic rings. The number of sulfone groups is 1. The molecule has 18 heavy (non-hydrogen) atoms. The normalized spacial score (nSPS) is 15.8. The summed E-state index contributed by atoms with van der Waals surface area (Å²) < 4.78 is 23.0. The third kappa shape index (κ3) is 2.26. The molecular formula is C12H17N3O2S. The van der Waals surface area contributed by atoms with Crippen LogP contribution >= 0.6 is 0 Å². The van der Waals surface area contributed by atoms with Crippen LogP contribution in [0.4, 0.5) is 0 Å². The lowest BCUT2D eigenvalue weighted by Gasteiger charge is -2.19. The SMILES string of the molecule is CCC(C)(N)c1nc2ccc(S(C)(=O)=O)cc2[nH]1. The number of hydrogen-bond acceptors (Lipinski definition) is 4. The molecule has 1 atom stereocenters. The number of fused-ring (bicyclic) bond motifs is 1. The quantitative estimate of drug-likeness (QED) is 0.883. The fraction of sp³-hybridized carbons (Fsp3) is 0.417. The van der Waals surface area contributed by atoms with Crippen molar-refractivity contribution < 1.29 is 8.42 Å². The summed E-state index contributed by atoms with van der Waals surface area (Å²) in [6.07, 6.45) is 1.93. The maximum atomic E-state index is 11.5. The van der Waals surface area contributed by atoms with Crippen LogP contribution in [-0.2, 0) is 15.4 Å². The van der Waals surface area contributed by atoms with Crippen molar-refractivity contribution in [2.45, 2.75) is 30.7 Å². The molecule has 98 valence electrons. The zero-order valence-corrected chi connectivity index (χ0v) is 11.5. The minimum atomic E-state index is -3.21. The number of benzene rings is 1. The summed E-state index contributed by atoms with van der Waals surface area (Å²) in [5, 5.41) is 0. The summed E-state index contributed by atoms with van der Waals surface area (Å²) in [6, 6.07) is 4.84. The third-order valence-corrected chi connectivity index (χ3v) is 4.27. The van der Waals surface area contributed by atoms with Crippen LogP contribution in [0.25, 0.3) is 11.0 Å². The minimum absolute atomic E-state index is 0.278. The Labute approximate surface area is 106 Å². The highest BCUT2D eigenvalue weighted by atomic mass is 32.2. The highest BCUT2D eigenvalue weighted by Crippen LogP contribution is 2.23. The number of hydrogen-bond donors (Lipinski definition) is 2. The molecule has 0 saturated carbocycles. The molecule has 0 spiro atoms. The topological polar surface area (TPSA) is 88.8 Å². The van der Waals surface area contributed by atoms with Crippen LogP contribution < -0.4 is 5.73 Å². The average molecular weight is 267 g/mol. The summed E-state index contributed by atoms with van der Waals surface area (Å²) in [6.45, 7) is 3.87. The number of nitrogens with two attached hydrogens (primary N) is 1. The first-order valence-corrected chi connectivity index (χ1v) is 7.62. The van der Waals surface area contributed by atoms with E-state index in [1.807, 2.05) is 13.8 Å². The predicted octanol–water partition coefficient (Wildman–Crippen LogP) is 1.55.